The topological polar surface area (TPSA) is 84.6 Å². The van der Waals surface area contributed by atoms with Gasteiger partial charge in [-0.3, -0.25) is 4.79 Å². The highest BCUT2D eigenvalue weighted by atomic mass is 16.5. The smallest absolute Gasteiger partial charge is 0.244 e. The van der Waals surface area contributed by atoms with Gasteiger partial charge in [0.2, 0.25) is 5.91 Å². The molecule has 0 aliphatic rings. The number of nitrogen functional groups attached to an aromatic ring is 1. The van der Waals surface area contributed by atoms with Gasteiger partial charge >= 0.3 is 0 Å². The van der Waals surface area contributed by atoms with Crippen molar-refractivity contribution >= 4 is 17.7 Å². The average Bonchev–Trinajstić information content (AvgIpc) is 2.31. The first kappa shape index (κ1) is 13.1. The molecule has 0 unspecified atom stereocenters. The maximum absolute atomic E-state index is 11.3. The minimum Gasteiger partial charge on any atom is -0.508 e. The molecule has 0 radical (unpaired) electrons. The van der Waals surface area contributed by atoms with Crippen molar-refractivity contribution in [2.24, 2.45) is 0 Å². The van der Waals surface area contributed by atoms with Crippen LogP contribution in [0.2, 0.25) is 0 Å². The minimum atomic E-state index is -0.232. The monoisotopic (exact) mass is 236 g/mol. The third-order valence-corrected chi connectivity index (χ3v) is 2.09. The molecule has 0 aliphatic heterocycles. The fraction of sp³-hybridized carbons (Fsp3) is 0.250. The Balaban J connectivity index is 2.57. The molecule has 1 rings (SSSR count). The van der Waals surface area contributed by atoms with Crippen LogP contribution in [0.4, 0.5) is 5.69 Å². The average molecular weight is 236 g/mol. The van der Waals surface area contributed by atoms with Gasteiger partial charge < -0.3 is 20.9 Å². The number of nitrogens with two attached hydrogens (primary N) is 1. The first-order valence-corrected chi connectivity index (χ1v) is 5.17. The van der Waals surface area contributed by atoms with E-state index in [4.69, 9.17) is 10.5 Å². The van der Waals surface area contributed by atoms with E-state index in [1.54, 1.807) is 19.3 Å². The molecule has 17 heavy (non-hydrogen) atoms. The molecule has 0 spiro atoms. The van der Waals surface area contributed by atoms with Gasteiger partial charge in [0.25, 0.3) is 0 Å². The molecule has 0 fully saturated rings. The number of phenolic OH excluding ortho intramolecular Hbond substituents is 1. The standard InChI is InChI=1S/C12H16N2O3/c1-17-7-6-14-12(16)5-2-9-8-10(15)3-4-11(9)13/h2-5,8,15H,6-7,13H2,1H3,(H,14,16). The fourth-order valence-electron chi connectivity index (χ4n) is 1.21. The molecule has 1 aromatic rings. The summed E-state index contributed by atoms with van der Waals surface area (Å²) in [6.45, 7) is 0.920. The summed E-state index contributed by atoms with van der Waals surface area (Å²) in [5, 5.41) is 11.9. The number of carbonyl (C=O) groups excluding carboxylic acids is 1. The molecule has 0 aromatic heterocycles. The Morgan fingerprint density at radius 2 is 2.35 bits per heavy atom. The number of carbonyl (C=O) groups is 1. The van der Waals surface area contributed by atoms with Gasteiger partial charge in [0.15, 0.2) is 0 Å². The van der Waals surface area contributed by atoms with E-state index < -0.39 is 0 Å². The minimum absolute atomic E-state index is 0.110. The van der Waals surface area contributed by atoms with Crippen molar-refractivity contribution in [1.29, 1.82) is 0 Å². The molecular formula is C12H16N2O3. The van der Waals surface area contributed by atoms with E-state index in [1.807, 2.05) is 0 Å². The van der Waals surface area contributed by atoms with E-state index in [-0.39, 0.29) is 11.7 Å². The number of amides is 1. The quantitative estimate of drug-likeness (QED) is 0.305. The van der Waals surface area contributed by atoms with Gasteiger partial charge in [0.1, 0.15) is 5.75 Å². The lowest BCUT2D eigenvalue weighted by molar-refractivity contribution is -0.116. The zero-order valence-electron chi connectivity index (χ0n) is 9.64. The van der Waals surface area contributed by atoms with Crippen LogP contribution in [0.5, 0.6) is 5.75 Å². The predicted molar refractivity (Wildman–Crippen MR) is 66.4 cm³/mol. The molecule has 0 bridgehead atoms. The summed E-state index contributed by atoms with van der Waals surface area (Å²) in [5.74, 6) is -0.122. The number of phenols is 1. The molecule has 4 N–H and O–H groups in total. The molecule has 1 aromatic carbocycles. The van der Waals surface area contributed by atoms with Gasteiger partial charge in [-0.05, 0) is 24.3 Å². The number of benzene rings is 1. The van der Waals surface area contributed by atoms with Crippen LogP contribution in [0, 0.1) is 0 Å². The van der Waals surface area contributed by atoms with Gasteiger partial charge in [-0.1, -0.05) is 0 Å². The van der Waals surface area contributed by atoms with Crippen LogP contribution in [-0.4, -0.2) is 31.3 Å². The summed E-state index contributed by atoms with van der Waals surface area (Å²) in [6, 6.07) is 4.57. The molecule has 1 amide bonds. The maximum atomic E-state index is 11.3. The normalized spacial score (nSPS) is 10.6. The van der Waals surface area contributed by atoms with Crippen LogP contribution in [0.1, 0.15) is 5.56 Å². The molecule has 92 valence electrons. The fourth-order valence-corrected chi connectivity index (χ4v) is 1.21. The highest BCUT2D eigenvalue weighted by Gasteiger charge is 1.98. The van der Waals surface area contributed by atoms with E-state index in [0.717, 1.165) is 0 Å². The Hall–Kier alpha value is -2.01. The Kier molecular flexibility index (Phi) is 5.03. The number of nitrogens with one attached hydrogen (secondary N) is 1. The number of hydrogen-bond donors (Lipinski definition) is 3. The molecular weight excluding hydrogens is 220 g/mol. The summed E-state index contributed by atoms with van der Waals surface area (Å²) < 4.78 is 4.80. The summed E-state index contributed by atoms with van der Waals surface area (Å²) in [6.07, 6.45) is 2.91. The second kappa shape index (κ2) is 6.55. The Labute approximate surface area is 99.9 Å². The zero-order valence-corrected chi connectivity index (χ0v) is 9.64. The number of ether oxygens (including phenoxy) is 1. The van der Waals surface area contributed by atoms with Crippen molar-refractivity contribution in [3.8, 4) is 5.75 Å². The van der Waals surface area contributed by atoms with E-state index in [9.17, 15) is 9.90 Å². The lowest BCUT2D eigenvalue weighted by Crippen LogP contribution is -2.24. The van der Waals surface area contributed by atoms with Crippen molar-refractivity contribution in [1.82, 2.24) is 5.32 Å². The van der Waals surface area contributed by atoms with E-state index in [2.05, 4.69) is 5.32 Å². The second-order valence-corrected chi connectivity index (χ2v) is 3.43. The lowest BCUT2D eigenvalue weighted by Gasteiger charge is -2.02. The Bertz CT molecular complexity index is 416. The summed E-state index contributed by atoms with van der Waals surface area (Å²) in [4.78, 5) is 11.3. The number of hydrogen-bond acceptors (Lipinski definition) is 4. The number of anilines is 1. The highest BCUT2D eigenvalue weighted by Crippen LogP contribution is 2.19. The maximum Gasteiger partial charge on any atom is 0.244 e. The summed E-state index contributed by atoms with van der Waals surface area (Å²) >= 11 is 0. The van der Waals surface area contributed by atoms with Gasteiger partial charge in [-0.25, -0.2) is 0 Å². The van der Waals surface area contributed by atoms with Gasteiger partial charge in [-0.2, -0.15) is 0 Å². The SMILES string of the molecule is COCCNC(=O)C=Cc1cc(O)ccc1N. The van der Waals surface area contributed by atoms with Gasteiger partial charge in [-0.15, -0.1) is 0 Å². The van der Waals surface area contributed by atoms with E-state index in [1.165, 1.54) is 18.2 Å². The summed E-state index contributed by atoms with van der Waals surface area (Å²) in [5.41, 5.74) is 6.79. The van der Waals surface area contributed by atoms with Crippen LogP contribution in [0.3, 0.4) is 0 Å². The number of rotatable bonds is 5. The van der Waals surface area contributed by atoms with Crippen molar-refractivity contribution in [3.63, 3.8) is 0 Å². The molecule has 5 nitrogen and oxygen atoms in total. The third-order valence-electron chi connectivity index (χ3n) is 2.09. The van der Waals surface area contributed by atoms with Crippen LogP contribution in [0.25, 0.3) is 6.08 Å². The predicted octanol–water partition coefficient (Wildman–Crippen LogP) is 0.750. The Morgan fingerprint density at radius 1 is 1.59 bits per heavy atom. The number of aromatic hydroxyl groups is 1. The molecule has 0 saturated carbocycles. The van der Waals surface area contributed by atoms with Crippen LogP contribution < -0.4 is 11.1 Å². The number of methoxy groups -OCH3 is 1. The van der Waals surface area contributed by atoms with Crippen molar-refractivity contribution in [2.45, 2.75) is 0 Å². The lowest BCUT2D eigenvalue weighted by atomic mass is 10.1. The zero-order chi connectivity index (χ0) is 12.7. The molecule has 0 atom stereocenters. The van der Waals surface area contributed by atoms with Crippen molar-refractivity contribution < 1.29 is 14.6 Å². The van der Waals surface area contributed by atoms with Gasteiger partial charge in [0, 0.05) is 31.0 Å². The Morgan fingerprint density at radius 3 is 3.06 bits per heavy atom. The van der Waals surface area contributed by atoms with E-state index >= 15 is 0 Å². The summed E-state index contributed by atoms with van der Waals surface area (Å²) in [7, 11) is 1.56. The van der Waals surface area contributed by atoms with Crippen molar-refractivity contribution in [2.75, 3.05) is 26.0 Å². The molecule has 0 aliphatic carbocycles. The molecule has 0 heterocycles. The second-order valence-electron chi connectivity index (χ2n) is 3.43. The first-order chi connectivity index (χ1) is 8.13. The molecule has 5 heteroatoms. The third kappa shape index (κ3) is 4.56. The highest BCUT2D eigenvalue weighted by molar-refractivity contribution is 5.92. The van der Waals surface area contributed by atoms with Crippen LogP contribution >= 0.6 is 0 Å². The van der Waals surface area contributed by atoms with Crippen LogP contribution in [0.15, 0.2) is 24.3 Å². The van der Waals surface area contributed by atoms with E-state index in [0.29, 0.717) is 24.4 Å². The largest absolute Gasteiger partial charge is 0.508 e. The van der Waals surface area contributed by atoms with Crippen molar-refractivity contribution in [3.05, 3.63) is 29.8 Å². The first-order valence-electron chi connectivity index (χ1n) is 5.17. The van der Waals surface area contributed by atoms with Crippen LogP contribution in [-0.2, 0) is 9.53 Å². The molecule has 0 saturated heterocycles. The van der Waals surface area contributed by atoms with Gasteiger partial charge in [0.05, 0.1) is 6.61 Å².